The van der Waals surface area contributed by atoms with E-state index < -0.39 is 11.6 Å². The number of hydrogen-bond donors (Lipinski definition) is 3. The molecule has 9 nitrogen and oxygen atoms in total. The van der Waals surface area contributed by atoms with E-state index in [-0.39, 0.29) is 0 Å². The van der Waals surface area contributed by atoms with Gasteiger partial charge in [0.05, 0.1) is 18.0 Å². The Kier molecular flexibility index (Phi) is 4.49. The fourth-order valence-corrected chi connectivity index (χ4v) is 3.56. The molecule has 3 heterocycles. The summed E-state index contributed by atoms with van der Waals surface area (Å²) in [7, 11) is 0. The smallest absolute Gasteiger partial charge is 0.405 e. The van der Waals surface area contributed by atoms with E-state index in [0.717, 1.165) is 11.3 Å². The minimum absolute atomic E-state index is 0.365. The van der Waals surface area contributed by atoms with Crippen molar-refractivity contribution < 1.29 is 9.90 Å². The molecule has 1 amide bonds. The summed E-state index contributed by atoms with van der Waals surface area (Å²) in [4.78, 5) is 22.0. The minimum atomic E-state index is -1.19. The van der Waals surface area contributed by atoms with Gasteiger partial charge in [0.15, 0.2) is 0 Å². The van der Waals surface area contributed by atoms with Crippen molar-refractivity contribution in [2.24, 2.45) is 0 Å². The molecule has 2 aromatic heterocycles. The van der Waals surface area contributed by atoms with Crippen LogP contribution in [0.3, 0.4) is 0 Å². The van der Waals surface area contributed by atoms with Gasteiger partial charge in [-0.3, -0.25) is 5.10 Å². The van der Waals surface area contributed by atoms with E-state index in [2.05, 4.69) is 31.6 Å². The molecule has 1 aromatic carbocycles. The first-order valence-corrected chi connectivity index (χ1v) is 9.02. The first-order valence-electron chi connectivity index (χ1n) is 8.64. The average molecular weight is 398 g/mol. The standard InChI is InChI=1S/C18H16ClN7O2/c19-12-3-1-2-11(8-12)14-15-16(25-24-14)22-13(9-21-15)26-6-4-18(10-20,5-7-26)23-17(27)28/h1-3,8-9,23H,4-7H2,(H,27,28)(H,22,24,25). The van der Waals surface area contributed by atoms with Gasteiger partial charge in [-0.1, -0.05) is 23.7 Å². The molecule has 0 unspecified atom stereocenters. The summed E-state index contributed by atoms with van der Waals surface area (Å²) in [5, 5.41) is 28.5. The number of amides is 1. The SMILES string of the molecule is N#CC1(NC(=O)O)CCN(c2cnc3c(-c4cccc(Cl)c4)[nH]nc3n2)CC1. The second-order valence-electron chi connectivity index (χ2n) is 6.62. The number of nitrogens with one attached hydrogen (secondary N) is 2. The second-order valence-corrected chi connectivity index (χ2v) is 7.06. The van der Waals surface area contributed by atoms with Crippen LogP contribution in [0, 0.1) is 11.3 Å². The fraction of sp³-hybridized carbons (Fsp3) is 0.278. The number of piperidine rings is 1. The van der Waals surface area contributed by atoms with Crippen LogP contribution in [-0.2, 0) is 0 Å². The summed E-state index contributed by atoms with van der Waals surface area (Å²) in [6, 6.07) is 9.48. The second kappa shape index (κ2) is 6.98. The number of nitriles is 1. The Morgan fingerprint density at radius 3 is 2.86 bits per heavy atom. The zero-order valence-electron chi connectivity index (χ0n) is 14.7. The summed E-state index contributed by atoms with van der Waals surface area (Å²) < 4.78 is 0. The summed E-state index contributed by atoms with van der Waals surface area (Å²) in [5.74, 6) is 0.638. The molecule has 3 aromatic rings. The van der Waals surface area contributed by atoms with Gasteiger partial charge in [0.1, 0.15) is 16.9 Å². The molecule has 3 N–H and O–H groups in total. The minimum Gasteiger partial charge on any atom is -0.465 e. The van der Waals surface area contributed by atoms with Gasteiger partial charge in [-0.15, -0.1) is 0 Å². The van der Waals surface area contributed by atoms with Gasteiger partial charge < -0.3 is 15.3 Å². The predicted molar refractivity (Wildman–Crippen MR) is 103 cm³/mol. The van der Waals surface area contributed by atoms with E-state index in [1.54, 1.807) is 12.3 Å². The van der Waals surface area contributed by atoms with E-state index in [1.165, 1.54) is 0 Å². The average Bonchev–Trinajstić information content (AvgIpc) is 3.11. The molecular weight excluding hydrogens is 382 g/mol. The molecule has 0 atom stereocenters. The van der Waals surface area contributed by atoms with Gasteiger partial charge in [0.2, 0.25) is 5.65 Å². The lowest BCUT2D eigenvalue weighted by Gasteiger charge is -2.37. The number of fused-ring (bicyclic) bond motifs is 1. The van der Waals surface area contributed by atoms with Crippen molar-refractivity contribution >= 4 is 34.7 Å². The molecule has 142 valence electrons. The summed E-state index contributed by atoms with van der Waals surface area (Å²) in [6.45, 7) is 0.971. The normalized spacial score (nSPS) is 15.9. The van der Waals surface area contributed by atoms with Gasteiger partial charge in [0.25, 0.3) is 0 Å². The van der Waals surface area contributed by atoms with Crippen LogP contribution in [0.2, 0.25) is 5.02 Å². The van der Waals surface area contributed by atoms with Crippen LogP contribution in [0.25, 0.3) is 22.4 Å². The third-order valence-electron chi connectivity index (χ3n) is 4.87. The van der Waals surface area contributed by atoms with E-state index in [4.69, 9.17) is 16.7 Å². The van der Waals surface area contributed by atoms with Crippen molar-refractivity contribution in [1.82, 2.24) is 25.5 Å². The first-order chi connectivity index (χ1) is 13.5. The number of halogens is 1. The fourth-order valence-electron chi connectivity index (χ4n) is 3.37. The van der Waals surface area contributed by atoms with E-state index in [0.29, 0.717) is 47.9 Å². The maximum atomic E-state index is 11.0. The topological polar surface area (TPSA) is 131 Å². The zero-order chi connectivity index (χ0) is 19.7. The number of aromatic amines is 1. The number of aromatic nitrogens is 4. The maximum Gasteiger partial charge on any atom is 0.405 e. The highest BCUT2D eigenvalue weighted by molar-refractivity contribution is 6.30. The van der Waals surface area contributed by atoms with Crippen LogP contribution >= 0.6 is 11.6 Å². The Morgan fingerprint density at radius 1 is 1.39 bits per heavy atom. The van der Waals surface area contributed by atoms with Crippen LogP contribution < -0.4 is 10.2 Å². The van der Waals surface area contributed by atoms with E-state index in [1.807, 2.05) is 23.1 Å². The number of H-pyrrole nitrogens is 1. The van der Waals surface area contributed by atoms with Gasteiger partial charge in [-0.05, 0) is 12.1 Å². The van der Waals surface area contributed by atoms with Crippen LogP contribution in [-0.4, -0.2) is 50.0 Å². The molecule has 0 radical (unpaired) electrons. The lowest BCUT2D eigenvalue weighted by atomic mass is 9.89. The quantitative estimate of drug-likeness (QED) is 0.619. The number of hydrogen-bond acceptors (Lipinski definition) is 6. The Labute approximate surface area is 165 Å². The number of anilines is 1. The molecular formula is C18H16ClN7O2. The predicted octanol–water partition coefficient (Wildman–Crippen LogP) is 2.80. The molecule has 1 aliphatic heterocycles. The summed E-state index contributed by atoms with van der Waals surface area (Å²) >= 11 is 6.06. The van der Waals surface area contributed by atoms with Gasteiger partial charge in [0, 0.05) is 36.5 Å². The van der Waals surface area contributed by atoms with Crippen molar-refractivity contribution in [3.8, 4) is 17.3 Å². The number of carboxylic acid groups (broad SMARTS) is 1. The first kappa shape index (κ1) is 18.0. The van der Waals surface area contributed by atoms with Crippen LogP contribution in [0.5, 0.6) is 0 Å². The highest BCUT2D eigenvalue weighted by Crippen LogP contribution is 2.29. The number of rotatable bonds is 3. The van der Waals surface area contributed by atoms with E-state index in [9.17, 15) is 10.1 Å². The Hall–Kier alpha value is -3.38. The lowest BCUT2D eigenvalue weighted by molar-refractivity contribution is 0.179. The Bertz CT molecular complexity index is 1080. The molecule has 1 fully saturated rings. The molecule has 28 heavy (non-hydrogen) atoms. The number of carbonyl (C=O) groups is 1. The van der Waals surface area contributed by atoms with Crippen molar-refractivity contribution in [1.29, 1.82) is 5.26 Å². The van der Waals surface area contributed by atoms with Crippen molar-refractivity contribution in [2.45, 2.75) is 18.4 Å². The van der Waals surface area contributed by atoms with Crippen molar-refractivity contribution in [2.75, 3.05) is 18.0 Å². The zero-order valence-corrected chi connectivity index (χ0v) is 15.4. The number of benzene rings is 1. The third kappa shape index (κ3) is 3.30. The molecule has 1 saturated heterocycles. The molecule has 4 rings (SSSR count). The highest BCUT2D eigenvalue weighted by Gasteiger charge is 2.36. The number of nitrogens with zero attached hydrogens (tertiary/aromatic N) is 5. The van der Waals surface area contributed by atoms with Gasteiger partial charge in [-0.2, -0.15) is 10.4 Å². The molecule has 10 heteroatoms. The van der Waals surface area contributed by atoms with Crippen LogP contribution in [0.15, 0.2) is 30.5 Å². The maximum absolute atomic E-state index is 11.0. The largest absolute Gasteiger partial charge is 0.465 e. The van der Waals surface area contributed by atoms with Crippen LogP contribution in [0.1, 0.15) is 12.8 Å². The van der Waals surface area contributed by atoms with E-state index >= 15 is 0 Å². The lowest BCUT2D eigenvalue weighted by Crippen LogP contribution is -2.54. The van der Waals surface area contributed by atoms with Gasteiger partial charge in [-0.25, -0.2) is 14.8 Å². The van der Waals surface area contributed by atoms with Crippen molar-refractivity contribution in [3.63, 3.8) is 0 Å². The molecule has 0 spiro atoms. The summed E-state index contributed by atoms with van der Waals surface area (Å²) in [5.41, 5.74) is 1.67. The van der Waals surface area contributed by atoms with Crippen LogP contribution in [0.4, 0.5) is 10.6 Å². The summed E-state index contributed by atoms with van der Waals surface area (Å²) in [6.07, 6.45) is 1.20. The van der Waals surface area contributed by atoms with Gasteiger partial charge >= 0.3 is 6.09 Å². The third-order valence-corrected chi connectivity index (χ3v) is 5.10. The molecule has 0 aliphatic carbocycles. The Morgan fingerprint density at radius 2 is 2.18 bits per heavy atom. The van der Waals surface area contributed by atoms with Crippen molar-refractivity contribution in [3.05, 3.63) is 35.5 Å². The molecule has 0 saturated carbocycles. The Balaban J connectivity index is 1.57. The molecule has 1 aliphatic rings. The highest BCUT2D eigenvalue weighted by atomic mass is 35.5. The monoisotopic (exact) mass is 397 g/mol. The molecule has 0 bridgehead atoms.